The van der Waals surface area contributed by atoms with E-state index in [2.05, 4.69) is 5.32 Å². The van der Waals surface area contributed by atoms with Gasteiger partial charge in [0, 0.05) is 17.8 Å². The summed E-state index contributed by atoms with van der Waals surface area (Å²) in [7, 11) is -2.72. The lowest BCUT2D eigenvalue weighted by Gasteiger charge is -2.18. The Hall–Kier alpha value is -2.13. The van der Waals surface area contributed by atoms with Crippen LogP contribution in [0.3, 0.4) is 0 Å². The zero-order valence-corrected chi connectivity index (χ0v) is 19.4. The van der Waals surface area contributed by atoms with Gasteiger partial charge in [-0.25, -0.2) is 8.42 Å². The maximum atomic E-state index is 12.7. The molecule has 1 N–H and O–H groups in total. The third-order valence-electron chi connectivity index (χ3n) is 5.09. The number of anilines is 1. The molecule has 0 spiro atoms. The van der Waals surface area contributed by atoms with E-state index in [0.717, 1.165) is 22.7 Å². The number of hydrogen-bond donors (Lipinski definition) is 1. The fraction of sp³-hybridized carbons (Fsp3) is 0.333. The van der Waals surface area contributed by atoms with Crippen LogP contribution in [0.5, 0.6) is 0 Å². The van der Waals surface area contributed by atoms with Crippen LogP contribution in [0.2, 0.25) is 10.0 Å². The molecular formula is C21H22Cl2N2O5S. The van der Waals surface area contributed by atoms with Gasteiger partial charge in [-0.2, -0.15) is 4.31 Å². The highest BCUT2D eigenvalue weighted by Gasteiger charge is 2.52. The summed E-state index contributed by atoms with van der Waals surface area (Å²) in [6.07, 6.45) is 1.46. The molecule has 1 fully saturated rings. The van der Waals surface area contributed by atoms with Crippen LogP contribution in [0, 0.1) is 0 Å². The Morgan fingerprint density at radius 2 is 1.77 bits per heavy atom. The first-order chi connectivity index (χ1) is 14.6. The molecule has 0 radical (unpaired) electrons. The van der Waals surface area contributed by atoms with Crippen LogP contribution < -0.4 is 5.32 Å². The van der Waals surface area contributed by atoms with Gasteiger partial charge in [0.25, 0.3) is 0 Å². The van der Waals surface area contributed by atoms with Crippen molar-refractivity contribution in [3.05, 3.63) is 58.1 Å². The van der Waals surface area contributed by atoms with Gasteiger partial charge in [-0.1, -0.05) is 35.3 Å². The van der Waals surface area contributed by atoms with Crippen LogP contribution in [0.4, 0.5) is 5.69 Å². The summed E-state index contributed by atoms with van der Waals surface area (Å²) in [6, 6.07) is 11.0. The van der Waals surface area contributed by atoms with E-state index in [4.69, 9.17) is 27.9 Å². The second-order valence-electron chi connectivity index (χ2n) is 7.26. The van der Waals surface area contributed by atoms with Crippen molar-refractivity contribution < 1.29 is 22.7 Å². The van der Waals surface area contributed by atoms with Crippen LogP contribution in [0.25, 0.3) is 0 Å². The summed E-state index contributed by atoms with van der Waals surface area (Å²) < 4.78 is 31.5. The molecule has 3 rings (SSSR count). The predicted octanol–water partition coefficient (Wildman–Crippen LogP) is 3.85. The SMILES string of the molecule is CCOC(=O)C1(c2ccc(NC(=O)CN(C)S(=O)(=O)c3cc(Cl)ccc3Cl)cc2)CC1. The standard InChI is InChI=1S/C21H22Cl2N2O5S/c1-3-30-20(27)21(10-11-21)14-4-7-16(8-5-14)24-19(26)13-25(2)31(28,29)18-12-15(22)6-9-17(18)23/h4-9,12H,3,10-11,13H2,1-2H3,(H,24,26). The molecule has 2 aromatic carbocycles. The zero-order chi connectivity index (χ0) is 22.8. The number of hydrogen-bond acceptors (Lipinski definition) is 5. The average molecular weight is 485 g/mol. The molecule has 7 nitrogen and oxygen atoms in total. The van der Waals surface area contributed by atoms with Crippen LogP contribution in [0.1, 0.15) is 25.3 Å². The number of likely N-dealkylation sites (N-methyl/N-ethyl adjacent to an activating group) is 1. The van der Waals surface area contributed by atoms with Gasteiger partial charge in [-0.3, -0.25) is 9.59 Å². The number of esters is 1. The number of carbonyl (C=O) groups is 2. The number of nitrogens with one attached hydrogen (secondary N) is 1. The van der Waals surface area contributed by atoms with E-state index in [1.54, 1.807) is 31.2 Å². The van der Waals surface area contributed by atoms with Crippen molar-refractivity contribution >= 4 is 50.8 Å². The van der Waals surface area contributed by atoms with E-state index in [-0.39, 0.29) is 20.9 Å². The second-order valence-corrected chi connectivity index (χ2v) is 10.1. The van der Waals surface area contributed by atoms with Crippen molar-refractivity contribution in [2.45, 2.75) is 30.1 Å². The van der Waals surface area contributed by atoms with E-state index in [1.165, 1.54) is 25.2 Å². The Labute approximate surface area is 191 Å². The quantitative estimate of drug-likeness (QED) is 0.574. The van der Waals surface area contributed by atoms with Gasteiger partial charge >= 0.3 is 5.97 Å². The van der Waals surface area contributed by atoms with Gasteiger partial charge in [0.1, 0.15) is 4.90 Å². The number of nitrogens with zero attached hydrogens (tertiary/aromatic N) is 1. The molecule has 1 aliphatic rings. The fourth-order valence-corrected chi connectivity index (χ4v) is 5.07. The Morgan fingerprint density at radius 3 is 2.35 bits per heavy atom. The van der Waals surface area contributed by atoms with Crippen LogP contribution in [-0.4, -0.2) is 44.8 Å². The lowest BCUT2D eigenvalue weighted by molar-refractivity contribution is -0.146. The Balaban J connectivity index is 1.66. The first-order valence-electron chi connectivity index (χ1n) is 9.59. The number of amides is 1. The first-order valence-corrected chi connectivity index (χ1v) is 11.8. The van der Waals surface area contributed by atoms with E-state index >= 15 is 0 Å². The molecule has 2 aromatic rings. The summed E-state index contributed by atoms with van der Waals surface area (Å²) in [4.78, 5) is 24.4. The highest BCUT2D eigenvalue weighted by molar-refractivity contribution is 7.89. The number of benzene rings is 2. The second kappa shape index (κ2) is 9.16. The summed E-state index contributed by atoms with van der Waals surface area (Å²) in [5, 5.41) is 2.89. The minimum Gasteiger partial charge on any atom is -0.465 e. The molecule has 0 aromatic heterocycles. The van der Waals surface area contributed by atoms with Gasteiger partial charge in [-0.05, 0) is 55.7 Å². The lowest BCUT2D eigenvalue weighted by atomic mass is 9.96. The van der Waals surface area contributed by atoms with Crippen molar-refractivity contribution in [1.82, 2.24) is 4.31 Å². The highest BCUT2D eigenvalue weighted by Crippen LogP contribution is 2.49. The number of sulfonamides is 1. The summed E-state index contributed by atoms with van der Waals surface area (Å²) >= 11 is 11.9. The zero-order valence-electron chi connectivity index (χ0n) is 17.0. The van der Waals surface area contributed by atoms with E-state index in [0.29, 0.717) is 12.3 Å². The maximum absolute atomic E-state index is 12.7. The van der Waals surface area contributed by atoms with Crippen LogP contribution in [0.15, 0.2) is 47.4 Å². The van der Waals surface area contributed by atoms with Gasteiger partial charge in [0.05, 0.1) is 23.6 Å². The van der Waals surface area contributed by atoms with Gasteiger partial charge in [-0.15, -0.1) is 0 Å². The van der Waals surface area contributed by atoms with Crippen LogP contribution in [-0.2, 0) is 29.8 Å². The number of halogens is 2. The van der Waals surface area contributed by atoms with Crippen molar-refractivity contribution in [3.63, 3.8) is 0 Å². The smallest absolute Gasteiger partial charge is 0.316 e. The number of carbonyl (C=O) groups excluding carboxylic acids is 2. The van der Waals surface area contributed by atoms with Gasteiger partial charge < -0.3 is 10.1 Å². The summed E-state index contributed by atoms with van der Waals surface area (Å²) in [6.45, 7) is 1.68. The molecule has 166 valence electrons. The first kappa shape index (κ1) is 23.5. The monoisotopic (exact) mass is 484 g/mol. The maximum Gasteiger partial charge on any atom is 0.316 e. The van der Waals surface area contributed by atoms with Crippen molar-refractivity contribution in [2.75, 3.05) is 25.5 Å². The molecule has 0 bridgehead atoms. The minimum atomic E-state index is -4.01. The third kappa shape index (κ3) is 5.03. The third-order valence-corrected chi connectivity index (χ3v) is 7.61. The van der Waals surface area contributed by atoms with E-state index < -0.39 is 27.9 Å². The highest BCUT2D eigenvalue weighted by atomic mass is 35.5. The Morgan fingerprint density at radius 1 is 1.13 bits per heavy atom. The van der Waals surface area contributed by atoms with E-state index in [1.807, 2.05) is 0 Å². The summed E-state index contributed by atoms with van der Waals surface area (Å²) in [5.41, 5.74) is 0.725. The molecule has 10 heteroatoms. The molecular weight excluding hydrogens is 463 g/mol. The Bertz CT molecular complexity index is 1100. The topological polar surface area (TPSA) is 92.8 Å². The molecule has 0 heterocycles. The molecule has 1 saturated carbocycles. The average Bonchev–Trinajstić information content (AvgIpc) is 3.52. The van der Waals surface area contributed by atoms with E-state index in [9.17, 15) is 18.0 Å². The van der Waals surface area contributed by atoms with Crippen molar-refractivity contribution in [1.29, 1.82) is 0 Å². The fourth-order valence-electron chi connectivity index (χ4n) is 3.21. The normalized spacial score (nSPS) is 14.9. The lowest BCUT2D eigenvalue weighted by Crippen LogP contribution is -2.35. The largest absolute Gasteiger partial charge is 0.465 e. The molecule has 1 aliphatic carbocycles. The molecule has 31 heavy (non-hydrogen) atoms. The number of rotatable bonds is 8. The van der Waals surface area contributed by atoms with Gasteiger partial charge in [0.2, 0.25) is 15.9 Å². The Kier molecular flexibility index (Phi) is 6.95. The molecule has 0 saturated heterocycles. The number of ether oxygens (including phenoxy) is 1. The summed E-state index contributed by atoms with van der Waals surface area (Å²) in [5.74, 6) is -0.762. The van der Waals surface area contributed by atoms with Crippen molar-refractivity contribution in [2.24, 2.45) is 0 Å². The van der Waals surface area contributed by atoms with Crippen LogP contribution >= 0.6 is 23.2 Å². The minimum absolute atomic E-state index is 0.0165. The van der Waals surface area contributed by atoms with Crippen molar-refractivity contribution in [3.8, 4) is 0 Å². The van der Waals surface area contributed by atoms with Gasteiger partial charge in [0.15, 0.2) is 0 Å². The molecule has 1 amide bonds. The predicted molar refractivity (Wildman–Crippen MR) is 119 cm³/mol. The molecule has 0 aliphatic heterocycles. The molecule has 0 unspecified atom stereocenters. The molecule has 0 atom stereocenters.